The van der Waals surface area contributed by atoms with E-state index in [9.17, 15) is 10.1 Å². The summed E-state index contributed by atoms with van der Waals surface area (Å²) in [6.07, 6.45) is 2.38. The number of hydrogen-bond donors (Lipinski definition) is 1. The summed E-state index contributed by atoms with van der Waals surface area (Å²) in [5.41, 5.74) is 0.931. The summed E-state index contributed by atoms with van der Waals surface area (Å²) in [5.74, 6) is 0.754. The standard InChI is InChI=1S/C12H15BrN2O2/c1-2-8-5-11(8)14-7-9-3-4-10(13)6-12(9)15(16)17/h3-4,6,8,11,14H,2,5,7H2,1H3. The van der Waals surface area contributed by atoms with Gasteiger partial charge in [-0.05, 0) is 24.5 Å². The van der Waals surface area contributed by atoms with Gasteiger partial charge in [0.1, 0.15) is 0 Å². The van der Waals surface area contributed by atoms with Crippen LogP contribution in [0, 0.1) is 16.0 Å². The second-order valence-corrected chi connectivity index (χ2v) is 5.34. The van der Waals surface area contributed by atoms with Crippen LogP contribution in [0.3, 0.4) is 0 Å². The minimum Gasteiger partial charge on any atom is -0.309 e. The van der Waals surface area contributed by atoms with Crippen LogP contribution in [0.4, 0.5) is 5.69 Å². The molecule has 0 aromatic heterocycles. The van der Waals surface area contributed by atoms with Crippen LogP contribution in [0.15, 0.2) is 22.7 Å². The largest absolute Gasteiger partial charge is 0.309 e. The first-order valence-corrected chi connectivity index (χ1v) is 6.57. The maximum Gasteiger partial charge on any atom is 0.275 e. The van der Waals surface area contributed by atoms with Crippen molar-refractivity contribution in [3.8, 4) is 0 Å². The molecule has 0 aliphatic heterocycles. The minimum absolute atomic E-state index is 0.181. The highest BCUT2D eigenvalue weighted by Gasteiger charge is 2.34. The van der Waals surface area contributed by atoms with Crippen LogP contribution < -0.4 is 5.32 Å². The van der Waals surface area contributed by atoms with Crippen LogP contribution in [-0.4, -0.2) is 11.0 Å². The van der Waals surface area contributed by atoms with Crippen molar-refractivity contribution in [2.45, 2.75) is 32.4 Å². The summed E-state index contributed by atoms with van der Waals surface area (Å²) in [5, 5.41) is 14.3. The molecule has 0 radical (unpaired) electrons. The van der Waals surface area contributed by atoms with E-state index in [-0.39, 0.29) is 10.6 Å². The first-order chi connectivity index (χ1) is 8.11. The molecule has 1 aliphatic rings. The lowest BCUT2D eigenvalue weighted by atomic mass is 10.2. The number of nitro benzene ring substituents is 1. The molecule has 92 valence electrons. The molecule has 17 heavy (non-hydrogen) atoms. The van der Waals surface area contributed by atoms with Gasteiger partial charge in [-0.25, -0.2) is 0 Å². The van der Waals surface area contributed by atoms with Crippen LogP contribution in [0.1, 0.15) is 25.3 Å². The molecular formula is C12H15BrN2O2. The Balaban J connectivity index is 2.02. The number of benzene rings is 1. The van der Waals surface area contributed by atoms with Crippen molar-refractivity contribution in [1.82, 2.24) is 5.32 Å². The summed E-state index contributed by atoms with van der Waals surface area (Å²) in [7, 11) is 0. The lowest BCUT2D eigenvalue weighted by molar-refractivity contribution is -0.385. The van der Waals surface area contributed by atoms with Gasteiger partial charge in [-0.3, -0.25) is 10.1 Å². The number of rotatable bonds is 5. The van der Waals surface area contributed by atoms with Gasteiger partial charge in [0.15, 0.2) is 0 Å². The Morgan fingerprint density at radius 2 is 2.35 bits per heavy atom. The van der Waals surface area contributed by atoms with Gasteiger partial charge in [-0.2, -0.15) is 0 Å². The third kappa shape index (κ3) is 3.04. The molecule has 1 aromatic rings. The number of nitrogens with zero attached hydrogens (tertiary/aromatic N) is 1. The van der Waals surface area contributed by atoms with E-state index in [2.05, 4.69) is 28.2 Å². The molecule has 0 saturated heterocycles. The fourth-order valence-corrected chi connectivity index (χ4v) is 2.40. The highest BCUT2D eigenvalue weighted by atomic mass is 79.9. The van der Waals surface area contributed by atoms with Crippen molar-refractivity contribution in [2.24, 2.45) is 5.92 Å². The normalized spacial score (nSPS) is 22.5. The maximum atomic E-state index is 10.9. The molecular weight excluding hydrogens is 284 g/mol. The molecule has 0 bridgehead atoms. The zero-order valence-electron chi connectivity index (χ0n) is 9.65. The number of nitrogens with one attached hydrogen (secondary N) is 1. The van der Waals surface area contributed by atoms with E-state index in [1.165, 1.54) is 12.8 Å². The molecule has 1 saturated carbocycles. The van der Waals surface area contributed by atoms with Gasteiger partial charge < -0.3 is 5.32 Å². The molecule has 0 amide bonds. The van der Waals surface area contributed by atoms with Crippen LogP contribution in [0.5, 0.6) is 0 Å². The summed E-state index contributed by atoms with van der Waals surface area (Å²) in [6, 6.07) is 5.75. The van der Waals surface area contributed by atoms with Gasteiger partial charge in [0, 0.05) is 28.7 Å². The van der Waals surface area contributed by atoms with Crippen LogP contribution in [0.2, 0.25) is 0 Å². The SMILES string of the molecule is CCC1CC1NCc1ccc(Br)cc1[N+](=O)[O-]. The van der Waals surface area contributed by atoms with E-state index in [0.717, 1.165) is 16.0 Å². The van der Waals surface area contributed by atoms with E-state index < -0.39 is 0 Å². The predicted molar refractivity (Wildman–Crippen MR) is 69.8 cm³/mol. The molecule has 2 rings (SSSR count). The predicted octanol–water partition coefficient (Wildman–Crippen LogP) is 3.25. The summed E-state index contributed by atoms with van der Waals surface area (Å²) >= 11 is 3.25. The zero-order chi connectivity index (χ0) is 12.4. The van der Waals surface area contributed by atoms with Crippen molar-refractivity contribution in [2.75, 3.05) is 0 Å². The Bertz CT molecular complexity index is 437. The average Bonchev–Trinajstić information content (AvgIpc) is 3.06. The molecule has 1 N–H and O–H groups in total. The fraction of sp³-hybridized carbons (Fsp3) is 0.500. The first kappa shape index (κ1) is 12.5. The van der Waals surface area contributed by atoms with Crippen molar-refractivity contribution >= 4 is 21.6 Å². The highest BCUT2D eigenvalue weighted by molar-refractivity contribution is 9.10. The lowest BCUT2D eigenvalue weighted by Crippen LogP contribution is -2.18. The average molecular weight is 299 g/mol. The Morgan fingerprint density at radius 1 is 1.59 bits per heavy atom. The van der Waals surface area contributed by atoms with Crippen molar-refractivity contribution in [3.05, 3.63) is 38.3 Å². The van der Waals surface area contributed by atoms with Crippen LogP contribution >= 0.6 is 15.9 Å². The van der Waals surface area contributed by atoms with Gasteiger partial charge >= 0.3 is 0 Å². The summed E-state index contributed by atoms with van der Waals surface area (Å²) in [4.78, 5) is 10.6. The van der Waals surface area contributed by atoms with E-state index >= 15 is 0 Å². The highest BCUT2D eigenvalue weighted by Crippen LogP contribution is 2.34. The topological polar surface area (TPSA) is 55.2 Å². The third-order valence-corrected chi connectivity index (χ3v) is 3.74. The molecule has 4 nitrogen and oxygen atoms in total. The zero-order valence-corrected chi connectivity index (χ0v) is 11.2. The van der Waals surface area contributed by atoms with Gasteiger partial charge in [0.2, 0.25) is 0 Å². The van der Waals surface area contributed by atoms with Crippen molar-refractivity contribution in [1.29, 1.82) is 0 Å². The van der Waals surface area contributed by atoms with E-state index in [4.69, 9.17) is 0 Å². The minimum atomic E-state index is -0.327. The Morgan fingerprint density at radius 3 is 2.94 bits per heavy atom. The van der Waals surface area contributed by atoms with E-state index in [1.54, 1.807) is 12.1 Å². The second-order valence-electron chi connectivity index (χ2n) is 4.42. The molecule has 1 aliphatic carbocycles. The fourth-order valence-electron chi connectivity index (χ4n) is 2.05. The van der Waals surface area contributed by atoms with E-state index in [0.29, 0.717) is 12.6 Å². The molecule has 0 spiro atoms. The molecule has 2 unspecified atom stereocenters. The smallest absolute Gasteiger partial charge is 0.275 e. The van der Waals surface area contributed by atoms with Gasteiger partial charge in [0.25, 0.3) is 5.69 Å². The maximum absolute atomic E-state index is 10.9. The van der Waals surface area contributed by atoms with Crippen LogP contribution in [0.25, 0.3) is 0 Å². The van der Waals surface area contributed by atoms with Crippen LogP contribution in [-0.2, 0) is 6.54 Å². The monoisotopic (exact) mass is 298 g/mol. The molecule has 1 aromatic carbocycles. The molecule has 2 atom stereocenters. The van der Waals surface area contributed by atoms with Gasteiger partial charge in [-0.15, -0.1) is 0 Å². The Labute approximate surface area is 109 Å². The molecule has 5 heteroatoms. The molecule has 1 fully saturated rings. The van der Waals surface area contributed by atoms with Gasteiger partial charge in [-0.1, -0.05) is 29.3 Å². The lowest BCUT2D eigenvalue weighted by Gasteiger charge is -2.05. The second kappa shape index (κ2) is 5.14. The van der Waals surface area contributed by atoms with E-state index in [1.807, 2.05) is 6.07 Å². The number of nitro groups is 1. The third-order valence-electron chi connectivity index (χ3n) is 3.25. The summed E-state index contributed by atoms with van der Waals surface area (Å²) < 4.78 is 0.741. The summed E-state index contributed by atoms with van der Waals surface area (Å²) in [6.45, 7) is 2.75. The Kier molecular flexibility index (Phi) is 3.79. The quantitative estimate of drug-likeness (QED) is 0.670. The van der Waals surface area contributed by atoms with Crippen molar-refractivity contribution in [3.63, 3.8) is 0 Å². The number of hydrogen-bond acceptors (Lipinski definition) is 3. The first-order valence-electron chi connectivity index (χ1n) is 5.78. The molecule has 0 heterocycles. The number of halogens is 1. The Hall–Kier alpha value is -0.940. The van der Waals surface area contributed by atoms with Crippen molar-refractivity contribution < 1.29 is 4.92 Å². The van der Waals surface area contributed by atoms with Gasteiger partial charge in [0.05, 0.1) is 4.92 Å².